The van der Waals surface area contributed by atoms with Gasteiger partial charge in [-0.2, -0.15) is 0 Å². The van der Waals surface area contributed by atoms with Gasteiger partial charge in [-0.1, -0.05) is 0 Å². The van der Waals surface area contributed by atoms with Crippen LogP contribution in [0.1, 0.15) is 24.8 Å². The Balaban J connectivity index is 1.35. The van der Waals surface area contributed by atoms with Crippen molar-refractivity contribution in [3.05, 3.63) is 18.0 Å². The van der Waals surface area contributed by atoms with Gasteiger partial charge in [0.2, 0.25) is 5.95 Å². The van der Waals surface area contributed by atoms with Crippen molar-refractivity contribution >= 4 is 5.95 Å². The molecular formula is C15H22N4. The van der Waals surface area contributed by atoms with Gasteiger partial charge >= 0.3 is 0 Å². The summed E-state index contributed by atoms with van der Waals surface area (Å²) in [5.74, 6) is 1.93. The second-order valence-electron chi connectivity index (χ2n) is 6.84. The van der Waals surface area contributed by atoms with Gasteiger partial charge in [0.1, 0.15) is 0 Å². The second-order valence-corrected chi connectivity index (χ2v) is 6.84. The van der Waals surface area contributed by atoms with Crippen LogP contribution in [0.5, 0.6) is 0 Å². The highest BCUT2D eigenvalue weighted by atomic mass is 15.3. The fourth-order valence-electron chi connectivity index (χ4n) is 3.56. The van der Waals surface area contributed by atoms with Crippen molar-refractivity contribution in [3.63, 3.8) is 0 Å². The molecular weight excluding hydrogens is 236 g/mol. The maximum absolute atomic E-state index is 4.43. The molecule has 3 fully saturated rings. The smallest absolute Gasteiger partial charge is 0.225 e. The number of aryl methyl sites for hydroxylation is 1. The van der Waals surface area contributed by atoms with Crippen LogP contribution >= 0.6 is 0 Å². The average molecular weight is 258 g/mol. The molecule has 4 nitrogen and oxygen atoms in total. The van der Waals surface area contributed by atoms with E-state index in [0.29, 0.717) is 5.41 Å². The van der Waals surface area contributed by atoms with Crippen molar-refractivity contribution in [2.45, 2.75) is 26.2 Å². The van der Waals surface area contributed by atoms with Gasteiger partial charge < -0.3 is 9.80 Å². The van der Waals surface area contributed by atoms with Gasteiger partial charge in [-0.15, -0.1) is 0 Å². The van der Waals surface area contributed by atoms with E-state index in [-0.39, 0.29) is 0 Å². The van der Waals surface area contributed by atoms with Crippen LogP contribution < -0.4 is 4.90 Å². The second kappa shape index (κ2) is 4.17. The Morgan fingerprint density at radius 1 is 1.21 bits per heavy atom. The van der Waals surface area contributed by atoms with Gasteiger partial charge in [0, 0.05) is 44.0 Å². The summed E-state index contributed by atoms with van der Waals surface area (Å²) < 4.78 is 0. The number of anilines is 1. The van der Waals surface area contributed by atoms with Crippen molar-refractivity contribution in [1.29, 1.82) is 0 Å². The molecule has 1 saturated carbocycles. The molecule has 4 heteroatoms. The monoisotopic (exact) mass is 258 g/mol. The van der Waals surface area contributed by atoms with Gasteiger partial charge in [0.15, 0.2) is 0 Å². The van der Waals surface area contributed by atoms with E-state index in [1.54, 1.807) is 0 Å². The lowest BCUT2D eigenvalue weighted by Crippen LogP contribution is -2.58. The first-order valence-electron chi connectivity index (χ1n) is 7.48. The summed E-state index contributed by atoms with van der Waals surface area (Å²) in [5, 5.41) is 0. The third-order valence-electron chi connectivity index (χ3n) is 4.83. The molecule has 0 amide bonds. The molecule has 3 aliphatic rings. The predicted octanol–water partition coefficient (Wildman–Crippen LogP) is 1.71. The lowest BCUT2D eigenvalue weighted by atomic mass is 9.79. The fourth-order valence-corrected chi connectivity index (χ4v) is 3.56. The first kappa shape index (κ1) is 11.6. The van der Waals surface area contributed by atoms with Crippen LogP contribution in [0.4, 0.5) is 5.95 Å². The lowest BCUT2D eigenvalue weighted by molar-refractivity contribution is 0.200. The first-order chi connectivity index (χ1) is 9.22. The molecule has 0 aromatic carbocycles. The molecule has 0 unspecified atom stereocenters. The standard InChI is InChI=1S/C15H22N4/c1-12-6-16-14(17-7-12)19-10-15(11-19)4-5-18(9-15)8-13-2-3-13/h6-7,13H,2-5,8-11H2,1H3. The van der Waals surface area contributed by atoms with Crippen molar-refractivity contribution in [2.75, 3.05) is 37.6 Å². The van der Waals surface area contributed by atoms with Crippen LogP contribution in [0.3, 0.4) is 0 Å². The summed E-state index contributed by atoms with van der Waals surface area (Å²) in [6.45, 7) is 8.29. The fraction of sp³-hybridized carbons (Fsp3) is 0.733. The molecule has 1 spiro atoms. The Morgan fingerprint density at radius 2 is 1.95 bits per heavy atom. The number of nitrogens with zero attached hydrogens (tertiary/aromatic N) is 4. The zero-order valence-electron chi connectivity index (χ0n) is 11.7. The van der Waals surface area contributed by atoms with Gasteiger partial charge in [0.25, 0.3) is 0 Å². The van der Waals surface area contributed by atoms with Gasteiger partial charge in [-0.3, -0.25) is 0 Å². The molecule has 2 saturated heterocycles. The Bertz CT molecular complexity index is 460. The zero-order valence-corrected chi connectivity index (χ0v) is 11.7. The highest BCUT2D eigenvalue weighted by molar-refractivity contribution is 5.37. The summed E-state index contributed by atoms with van der Waals surface area (Å²) in [5.41, 5.74) is 1.68. The number of likely N-dealkylation sites (tertiary alicyclic amines) is 1. The third-order valence-corrected chi connectivity index (χ3v) is 4.83. The van der Waals surface area contributed by atoms with Gasteiger partial charge in [-0.25, -0.2) is 9.97 Å². The maximum Gasteiger partial charge on any atom is 0.225 e. The maximum atomic E-state index is 4.43. The number of rotatable bonds is 3. The van der Waals surface area contributed by atoms with E-state index in [9.17, 15) is 0 Å². The van der Waals surface area contributed by atoms with Crippen molar-refractivity contribution in [1.82, 2.24) is 14.9 Å². The van der Waals surface area contributed by atoms with E-state index in [4.69, 9.17) is 0 Å². The Labute approximate surface area is 114 Å². The quantitative estimate of drug-likeness (QED) is 0.826. The molecule has 1 aliphatic carbocycles. The van der Waals surface area contributed by atoms with Crippen molar-refractivity contribution < 1.29 is 0 Å². The molecule has 102 valence electrons. The van der Waals surface area contributed by atoms with E-state index < -0.39 is 0 Å². The minimum absolute atomic E-state index is 0.545. The van der Waals surface area contributed by atoms with Crippen LogP contribution in [-0.2, 0) is 0 Å². The summed E-state index contributed by atoms with van der Waals surface area (Å²) in [4.78, 5) is 13.9. The number of hydrogen-bond donors (Lipinski definition) is 0. The van der Waals surface area contributed by atoms with Crippen molar-refractivity contribution in [2.24, 2.45) is 11.3 Å². The first-order valence-corrected chi connectivity index (χ1v) is 7.48. The molecule has 19 heavy (non-hydrogen) atoms. The lowest BCUT2D eigenvalue weighted by Gasteiger charge is -2.48. The molecule has 1 aromatic heterocycles. The van der Waals surface area contributed by atoms with Crippen LogP contribution in [0.2, 0.25) is 0 Å². The molecule has 0 N–H and O–H groups in total. The predicted molar refractivity (Wildman–Crippen MR) is 75.2 cm³/mol. The summed E-state index contributed by atoms with van der Waals surface area (Å²) in [6, 6.07) is 0. The largest absolute Gasteiger partial charge is 0.339 e. The number of hydrogen-bond acceptors (Lipinski definition) is 4. The Kier molecular flexibility index (Phi) is 2.56. The van der Waals surface area contributed by atoms with Crippen LogP contribution in [0, 0.1) is 18.3 Å². The summed E-state index contributed by atoms with van der Waals surface area (Å²) in [6.07, 6.45) is 8.13. The minimum Gasteiger partial charge on any atom is -0.339 e. The van der Waals surface area contributed by atoms with Gasteiger partial charge in [-0.05, 0) is 44.2 Å². The average Bonchev–Trinajstić information content (AvgIpc) is 3.06. The summed E-state index contributed by atoms with van der Waals surface area (Å²) in [7, 11) is 0. The molecule has 2 aliphatic heterocycles. The SMILES string of the molecule is Cc1cnc(N2CC3(CCN(CC4CC4)C3)C2)nc1. The highest BCUT2D eigenvalue weighted by Gasteiger charge is 2.48. The van der Waals surface area contributed by atoms with E-state index >= 15 is 0 Å². The minimum atomic E-state index is 0.545. The normalized spacial score (nSPS) is 25.8. The van der Waals surface area contributed by atoms with Crippen LogP contribution in [-0.4, -0.2) is 47.6 Å². The molecule has 0 atom stereocenters. The van der Waals surface area contributed by atoms with Crippen LogP contribution in [0.15, 0.2) is 12.4 Å². The molecule has 0 bridgehead atoms. The highest BCUT2D eigenvalue weighted by Crippen LogP contribution is 2.42. The molecule has 0 radical (unpaired) electrons. The molecule has 3 heterocycles. The Morgan fingerprint density at radius 3 is 2.63 bits per heavy atom. The van der Waals surface area contributed by atoms with Crippen molar-refractivity contribution in [3.8, 4) is 0 Å². The Hall–Kier alpha value is -1.16. The van der Waals surface area contributed by atoms with E-state index in [1.165, 1.54) is 38.9 Å². The van der Waals surface area contributed by atoms with E-state index in [0.717, 1.165) is 30.5 Å². The third kappa shape index (κ3) is 2.22. The van der Waals surface area contributed by atoms with E-state index in [1.807, 2.05) is 19.3 Å². The summed E-state index contributed by atoms with van der Waals surface area (Å²) >= 11 is 0. The zero-order chi connectivity index (χ0) is 12.9. The molecule has 4 rings (SSSR count). The van der Waals surface area contributed by atoms with E-state index in [2.05, 4.69) is 19.8 Å². The van der Waals surface area contributed by atoms with Gasteiger partial charge in [0.05, 0.1) is 0 Å². The topological polar surface area (TPSA) is 32.3 Å². The molecule has 1 aromatic rings. The number of aromatic nitrogens is 2. The van der Waals surface area contributed by atoms with Crippen LogP contribution in [0.25, 0.3) is 0 Å².